The van der Waals surface area contributed by atoms with Crippen LogP contribution in [0.4, 0.5) is 10.7 Å². The second kappa shape index (κ2) is 5.44. The average molecular weight is 283 g/mol. The van der Waals surface area contributed by atoms with Crippen LogP contribution in [-0.4, -0.2) is 38.9 Å². The van der Waals surface area contributed by atoms with Crippen LogP contribution >= 0.6 is 0 Å². The molecular formula is C13H17NO6. The molecule has 0 N–H and O–H groups in total. The highest BCUT2D eigenvalue weighted by Gasteiger charge is 2.39. The number of hydrogen-bond donors (Lipinski definition) is 0. The highest BCUT2D eigenvalue weighted by atomic mass is 16.6. The Morgan fingerprint density at radius 2 is 2.15 bits per heavy atom. The van der Waals surface area contributed by atoms with Crippen LogP contribution in [0.15, 0.2) is 10.5 Å². The summed E-state index contributed by atoms with van der Waals surface area (Å²) in [6.45, 7) is 4.23. The van der Waals surface area contributed by atoms with Gasteiger partial charge >= 0.3 is 18.0 Å². The minimum Gasteiger partial charge on any atom is -0.468 e. The quantitative estimate of drug-likeness (QED) is 0.787. The second-order valence-electron chi connectivity index (χ2n) is 4.74. The number of hydrogen-bond acceptors (Lipinski definition) is 6. The average Bonchev–Trinajstić information content (AvgIpc) is 3.00. The molecule has 0 unspecified atom stereocenters. The number of anilines is 1. The molecule has 1 aliphatic heterocycles. The zero-order valence-corrected chi connectivity index (χ0v) is 11.8. The van der Waals surface area contributed by atoms with Crippen LogP contribution in [0.25, 0.3) is 0 Å². The fourth-order valence-electron chi connectivity index (χ4n) is 2.06. The van der Waals surface area contributed by atoms with E-state index in [0.717, 1.165) is 0 Å². The molecule has 7 heteroatoms. The van der Waals surface area contributed by atoms with Gasteiger partial charge in [0.05, 0.1) is 20.3 Å². The number of esters is 1. The Morgan fingerprint density at radius 3 is 2.70 bits per heavy atom. The van der Waals surface area contributed by atoms with Gasteiger partial charge in [-0.15, -0.1) is 0 Å². The van der Waals surface area contributed by atoms with E-state index in [1.807, 2.05) is 13.8 Å². The molecule has 1 aromatic rings. The van der Waals surface area contributed by atoms with Crippen molar-refractivity contribution in [1.29, 1.82) is 0 Å². The zero-order chi connectivity index (χ0) is 14.9. The molecule has 2 rings (SSSR count). The van der Waals surface area contributed by atoms with Crippen molar-refractivity contribution < 1.29 is 28.2 Å². The van der Waals surface area contributed by atoms with E-state index in [1.54, 1.807) is 0 Å². The van der Waals surface area contributed by atoms with Crippen molar-refractivity contribution in [3.63, 3.8) is 0 Å². The van der Waals surface area contributed by atoms with Crippen LogP contribution in [-0.2, 0) is 9.47 Å². The lowest BCUT2D eigenvalue weighted by Gasteiger charge is -2.21. The maximum absolute atomic E-state index is 11.8. The largest absolute Gasteiger partial charge is 0.468 e. The van der Waals surface area contributed by atoms with Crippen molar-refractivity contribution in [2.24, 2.45) is 5.92 Å². The Hall–Kier alpha value is -2.18. The summed E-state index contributed by atoms with van der Waals surface area (Å²) >= 11 is 0. The third kappa shape index (κ3) is 2.31. The van der Waals surface area contributed by atoms with Crippen molar-refractivity contribution >= 4 is 17.9 Å². The number of methoxy groups -OCH3 is 2. The van der Waals surface area contributed by atoms with Gasteiger partial charge in [0.2, 0.25) is 5.88 Å². The van der Waals surface area contributed by atoms with Crippen molar-refractivity contribution in [3.05, 3.63) is 11.6 Å². The molecule has 0 aromatic carbocycles. The Labute approximate surface area is 116 Å². The SMILES string of the molecule is COC(=O)c1cc(N2C(=O)OC[C@@H]2C(C)C)oc1OC. The van der Waals surface area contributed by atoms with Crippen LogP contribution in [0.1, 0.15) is 24.2 Å². The van der Waals surface area contributed by atoms with Gasteiger partial charge in [0.15, 0.2) is 0 Å². The lowest BCUT2D eigenvalue weighted by atomic mass is 10.1. The minimum absolute atomic E-state index is 0.00839. The zero-order valence-electron chi connectivity index (χ0n) is 11.8. The van der Waals surface area contributed by atoms with Crippen molar-refractivity contribution in [1.82, 2.24) is 0 Å². The molecule has 20 heavy (non-hydrogen) atoms. The van der Waals surface area contributed by atoms with E-state index in [2.05, 4.69) is 4.74 Å². The Morgan fingerprint density at radius 1 is 1.45 bits per heavy atom. The maximum Gasteiger partial charge on any atom is 0.417 e. The molecule has 1 aliphatic rings. The van der Waals surface area contributed by atoms with E-state index in [4.69, 9.17) is 13.9 Å². The second-order valence-corrected chi connectivity index (χ2v) is 4.74. The highest BCUT2D eigenvalue weighted by molar-refractivity contribution is 5.95. The topological polar surface area (TPSA) is 78.2 Å². The lowest BCUT2D eigenvalue weighted by molar-refractivity contribution is 0.0594. The van der Waals surface area contributed by atoms with Crippen LogP contribution in [0, 0.1) is 5.92 Å². The van der Waals surface area contributed by atoms with Crippen LogP contribution in [0.3, 0.4) is 0 Å². The van der Waals surface area contributed by atoms with Gasteiger partial charge in [0.1, 0.15) is 12.2 Å². The molecule has 0 radical (unpaired) electrons. The van der Waals surface area contributed by atoms with Gasteiger partial charge in [-0.1, -0.05) is 13.8 Å². The number of cyclic esters (lactones) is 1. The Bertz CT molecular complexity index is 521. The number of ether oxygens (including phenoxy) is 3. The van der Waals surface area contributed by atoms with Gasteiger partial charge in [0, 0.05) is 6.07 Å². The molecule has 1 amide bonds. The molecule has 110 valence electrons. The van der Waals surface area contributed by atoms with E-state index < -0.39 is 12.1 Å². The van der Waals surface area contributed by atoms with Gasteiger partial charge in [-0.2, -0.15) is 0 Å². The molecule has 7 nitrogen and oxygen atoms in total. The van der Waals surface area contributed by atoms with Crippen molar-refractivity contribution in [3.8, 4) is 5.95 Å². The van der Waals surface area contributed by atoms with E-state index >= 15 is 0 Å². The summed E-state index contributed by atoms with van der Waals surface area (Å²) < 4.78 is 20.1. The number of nitrogens with zero attached hydrogens (tertiary/aromatic N) is 1. The Balaban J connectivity index is 2.39. The fourth-order valence-corrected chi connectivity index (χ4v) is 2.06. The molecule has 0 saturated carbocycles. The first-order valence-corrected chi connectivity index (χ1v) is 6.21. The summed E-state index contributed by atoms with van der Waals surface area (Å²) in [5.41, 5.74) is 0.132. The van der Waals surface area contributed by atoms with Crippen molar-refractivity contribution in [2.45, 2.75) is 19.9 Å². The number of furan rings is 1. The molecule has 2 heterocycles. The molecule has 1 aromatic heterocycles. The predicted molar refractivity (Wildman–Crippen MR) is 69.1 cm³/mol. The summed E-state index contributed by atoms with van der Waals surface area (Å²) in [6.07, 6.45) is -0.503. The van der Waals surface area contributed by atoms with Crippen LogP contribution in [0.2, 0.25) is 0 Å². The highest BCUT2D eigenvalue weighted by Crippen LogP contribution is 2.34. The Kier molecular flexibility index (Phi) is 3.87. The molecule has 1 fully saturated rings. The third-order valence-electron chi connectivity index (χ3n) is 3.19. The fraction of sp³-hybridized carbons (Fsp3) is 0.538. The smallest absolute Gasteiger partial charge is 0.417 e. The van der Waals surface area contributed by atoms with Gasteiger partial charge in [-0.25, -0.2) is 14.5 Å². The van der Waals surface area contributed by atoms with Crippen molar-refractivity contribution in [2.75, 3.05) is 25.7 Å². The first-order chi connectivity index (χ1) is 9.49. The molecule has 0 bridgehead atoms. The van der Waals surface area contributed by atoms with Crippen LogP contribution in [0.5, 0.6) is 5.95 Å². The normalized spacial score (nSPS) is 18.4. The summed E-state index contributed by atoms with van der Waals surface area (Å²) in [4.78, 5) is 24.8. The van der Waals surface area contributed by atoms with Gasteiger partial charge < -0.3 is 18.6 Å². The molecular weight excluding hydrogens is 266 g/mol. The number of rotatable bonds is 4. The number of amides is 1. The van der Waals surface area contributed by atoms with Gasteiger partial charge in [0.25, 0.3) is 0 Å². The molecule has 1 saturated heterocycles. The first kappa shape index (κ1) is 14.2. The van der Waals surface area contributed by atoms with Gasteiger partial charge in [-0.3, -0.25) is 0 Å². The molecule has 0 spiro atoms. The van der Waals surface area contributed by atoms with E-state index in [9.17, 15) is 9.59 Å². The predicted octanol–water partition coefficient (Wildman–Crippen LogP) is 2.06. The van der Waals surface area contributed by atoms with E-state index in [-0.39, 0.29) is 36.0 Å². The van der Waals surface area contributed by atoms with E-state index in [1.165, 1.54) is 25.2 Å². The molecule has 0 aliphatic carbocycles. The summed E-state index contributed by atoms with van der Waals surface area (Å²) in [6, 6.07) is 1.27. The number of carbonyl (C=O) groups excluding carboxylic acids is 2. The monoisotopic (exact) mass is 283 g/mol. The number of carbonyl (C=O) groups is 2. The summed E-state index contributed by atoms with van der Waals surface area (Å²) in [5, 5.41) is 0. The van der Waals surface area contributed by atoms with E-state index in [0.29, 0.717) is 0 Å². The lowest BCUT2D eigenvalue weighted by Crippen LogP contribution is -2.36. The van der Waals surface area contributed by atoms with Gasteiger partial charge in [-0.05, 0) is 5.92 Å². The minimum atomic E-state index is -0.592. The summed E-state index contributed by atoms with van der Waals surface area (Å²) in [5.74, 6) is -0.192. The summed E-state index contributed by atoms with van der Waals surface area (Å²) in [7, 11) is 2.63. The molecule has 1 atom stereocenters. The van der Waals surface area contributed by atoms with Crippen LogP contribution < -0.4 is 9.64 Å². The first-order valence-electron chi connectivity index (χ1n) is 6.21. The third-order valence-corrected chi connectivity index (χ3v) is 3.19. The maximum atomic E-state index is 11.8. The standard InChI is InChI=1S/C13H17NO6/c1-7(2)9-6-19-13(16)14(9)10-5-8(11(15)17-3)12(18-4)20-10/h5,7,9H,6H2,1-4H3/t9-/m1/s1.